The van der Waals surface area contributed by atoms with Crippen LogP contribution in [0.4, 0.5) is 8.78 Å². The zero-order chi connectivity index (χ0) is 10.0. The van der Waals surface area contributed by atoms with Gasteiger partial charge in [0.2, 0.25) is 0 Å². The lowest BCUT2D eigenvalue weighted by Crippen LogP contribution is -2.00. The molecule has 0 saturated heterocycles. The molecule has 0 atom stereocenters. The van der Waals surface area contributed by atoms with E-state index in [1.165, 1.54) is 13.0 Å². The molecule has 1 rings (SSSR count). The van der Waals surface area contributed by atoms with Crippen molar-refractivity contribution in [2.45, 2.75) is 13.3 Å². The van der Waals surface area contributed by atoms with Crippen LogP contribution in [0.15, 0.2) is 6.07 Å². The third-order valence-corrected chi connectivity index (χ3v) is 2.44. The number of aryl methyl sites for hydroxylation is 1. The van der Waals surface area contributed by atoms with Crippen molar-refractivity contribution >= 4 is 28.9 Å². The van der Waals surface area contributed by atoms with E-state index in [9.17, 15) is 13.6 Å². The van der Waals surface area contributed by atoms with E-state index >= 15 is 0 Å². The number of carbonyl (C=O) groups excluding carboxylic acids is 1. The fraction of sp³-hybridized carbons (Fsp3) is 0.250. The fourth-order valence-electron chi connectivity index (χ4n) is 0.917. The van der Waals surface area contributed by atoms with Gasteiger partial charge in [-0.1, -0.05) is 0 Å². The van der Waals surface area contributed by atoms with Crippen molar-refractivity contribution < 1.29 is 13.6 Å². The molecule has 1 aromatic heterocycles. The Morgan fingerprint density at radius 3 is 2.69 bits per heavy atom. The smallest absolute Gasteiger partial charge is 0.265 e. The first kappa shape index (κ1) is 10.5. The van der Waals surface area contributed by atoms with Crippen LogP contribution in [-0.4, -0.2) is 11.3 Å². The van der Waals surface area contributed by atoms with Crippen LogP contribution in [0.5, 0.6) is 0 Å². The highest BCUT2D eigenvalue weighted by Crippen LogP contribution is 2.23. The Hall–Kier alpha value is -0.590. The number of aromatic nitrogens is 1. The molecule has 0 N–H and O–H groups in total. The van der Waals surface area contributed by atoms with Gasteiger partial charge in [0.05, 0.1) is 0 Å². The molecular formula is C8H6F2INO. The van der Waals surface area contributed by atoms with Crippen LogP contribution in [0.25, 0.3) is 0 Å². The van der Waals surface area contributed by atoms with Gasteiger partial charge in [-0.05, 0) is 35.6 Å². The third-order valence-electron chi connectivity index (χ3n) is 1.58. The second-order valence-electron chi connectivity index (χ2n) is 2.45. The van der Waals surface area contributed by atoms with Crippen LogP contribution < -0.4 is 0 Å². The molecule has 0 aliphatic carbocycles. The molecule has 5 heteroatoms. The van der Waals surface area contributed by atoms with E-state index in [-0.39, 0.29) is 17.0 Å². The molecule has 0 aromatic carbocycles. The van der Waals surface area contributed by atoms with Gasteiger partial charge in [-0.3, -0.25) is 4.79 Å². The van der Waals surface area contributed by atoms with Gasteiger partial charge in [0.25, 0.3) is 6.43 Å². The second kappa shape index (κ2) is 4.08. The molecule has 0 aliphatic heterocycles. The molecule has 0 bridgehead atoms. The van der Waals surface area contributed by atoms with E-state index in [2.05, 4.69) is 4.98 Å². The molecule has 0 aliphatic rings. The molecule has 0 fully saturated rings. The van der Waals surface area contributed by atoms with Crippen molar-refractivity contribution in [1.82, 2.24) is 4.98 Å². The highest BCUT2D eigenvalue weighted by atomic mass is 127. The monoisotopic (exact) mass is 297 g/mol. The van der Waals surface area contributed by atoms with E-state index in [1.54, 1.807) is 0 Å². The van der Waals surface area contributed by atoms with Gasteiger partial charge >= 0.3 is 0 Å². The normalized spacial score (nSPS) is 10.5. The van der Waals surface area contributed by atoms with Gasteiger partial charge in [-0.15, -0.1) is 0 Å². The minimum atomic E-state index is -2.54. The van der Waals surface area contributed by atoms with Crippen molar-refractivity contribution in [2.75, 3.05) is 0 Å². The van der Waals surface area contributed by atoms with Crippen molar-refractivity contribution in [3.8, 4) is 0 Å². The molecule has 0 radical (unpaired) electrons. The van der Waals surface area contributed by atoms with Gasteiger partial charge < -0.3 is 0 Å². The first-order chi connectivity index (χ1) is 6.06. The Balaban J connectivity index is 3.28. The summed E-state index contributed by atoms with van der Waals surface area (Å²) in [5, 5.41) is 0. The number of hydrogen-bond acceptors (Lipinski definition) is 2. The number of nitrogens with zero attached hydrogens (tertiary/aromatic N) is 1. The second-order valence-corrected chi connectivity index (χ2v) is 3.61. The number of hydrogen-bond donors (Lipinski definition) is 0. The lowest BCUT2D eigenvalue weighted by Gasteiger charge is -2.05. The topological polar surface area (TPSA) is 30.0 Å². The standard InChI is InChI=1S/C8H6F2INO/c1-4-5(8(9)10)2-6(11)7(3-13)12-4/h2-3,8H,1H3. The SMILES string of the molecule is Cc1nc(C=O)c(I)cc1C(F)F. The highest BCUT2D eigenvalue weighted by Gasteiger charge is 2.14. The average molecular weight is 297 g/mol. The first-order valence-electron chi connectivity index (χ1n) is 3.46. The molecule has 0 saturated carbocycles. The third kappa shape index (κ3) is 2.20. The lowest BCUT2D eigenvalue weighted by molar-refractivity contribution is 0.111. The Bertz CT molecular complexity index is 341. The van der Waals surface area contributed by atoms with Crippen LogP contribution >= 0.6 is 22.6 Å². The molecule has 1 aromatic rings. The minimum Gasteiger partial charge on any atom is -0.296 e. The summed E-state index contributed by atoms with van der Waals surface area (Å²) in [6, 6.07) is 1.29. The van der Waals surface area contributed by atoms with E-state index in [4.69, 9.17) is 0 Å². The maximum Gasteiger partial charge on any atom is 0.265 e. The van der Waals surface area contributed by atoms with Crippen LogP contribution in [0, 0.1) is 10.5 Å². The van der Waals surface area contributed by atoms with Crippen molar-refractivity contribution in [3.05, 3.63) is 26.6 Å². The van der Waals surface area contributed by atoms with E-state index in [0.717, 1.165) is 0 Å². The predicted molar refractivity (Wildman–Crippen MR) is 52.0 cm³/mol. The van der Waals surface area contributed by atoms with Gasteiger partial charge in [-0.25, -0.2) is 13.8 Å². The average Bonchev–Trinajstić information content (AvgIpc) is 2.07. The quantitative estimate of drug-likeness (QED) is 0.620. The maximum atomic E-state index is 12.3. The number of carbonyl (C=O) groups is 1. The van der Waals surface area contributed by atoms with Crippen LogP contribution in [0.3, 0.4) is 0 Å². The van der Waals surface area contributed by atoms with E-state index < -0.39 is 6.43 Å². The number of alkyl halides is 2. The van der Waals surface area contributed by atoms with E-state index in [1.807, 2.05) is 22.6 Å². The summed E-state index contributed by atoms with van der Waals surface area (Å²) in [7, 11) is 0. The van der Waals surface area contributed by atoms with Crippen molar-refractivity contribution in [1.29, 1.82) is 0 Å². The van der Waals surface area contributed by atoms with Gasteiger partial charge in [-0.2, -0.15) is 0 Å². The summed E-state index contributed by atoms with van der Waals surface area (Å²) in [6.07, 6.45) is -1.98. The minimum absolute atomic E-state index is 0.116. The maximum absolute atomic E-state index is 12.3. The number of rotatable bonds is 2. The van der Waals surface area contributed by atoms with Gasteiger partial charge in [0.1, 0.15) is 5.69 Å². The van der Waals surface area contributed by atoms with Crippen LogP contribution in [-0.2, 0) is 0 Å². The van der Waals surface area contributed by atoms with Gasteiger partial charge in [0.15, 0.2) is 6.29 Å². The van der Waals surface area contributed by atoms with Crippen LogP contribution in [0.1, 0.15) is 28.2 Å². The first-order valence-corrected chi connectivity index (χ1v) is 4.54. The summed E-state index contributed by atoms with van der Waals surface area (Å²) in [6.45, 7) is 1.46. The molecule has 13 heavy (non-hydrogen) atoms. The Labute approximate surface area is 87.5 Å². The summed E-state index contributed by atoms with van der Waals surface area (Å²) >= 11 is 1.81. The summed E-state index contributed by atoms with van der Waals surface area (Å²) in [4.78, 5) is 14.2. The number of aldehydes is 1. The Morgan fingerprint density at radius 2 is 2.23 bits per heavy atom. The zero-order valence-corrected chi connectivity index (χ0v) is 8.88. The van der Waals surface area contributed by atoms with Crippen molar-refractivity contribution in [3.63, 3.8) is 0 Å². The Morgan fingerprint density at radius 1 is 1.62 bits per heavy atom. The predicted octanol–water partition coefficient (Wildman–Crippen LogP) is 2.74. The summed E-state index contributed by atoms with van der Waals surface area (Å²) in [5.41, 5.74) is 0.301. The molecular weight excluding hydrogens is 291 g/mol. The van der Waals surface area contributed by atoms with E-state index in [0.29, 0.717) is 9.86 Å². The zero-order valence-electron chi connectivity index (χ0n) is 6.72. The highest BCUT2D eigenvalue weighted by molar-refractivity contribution is 14.1. The molecule has 2 nitrogen and oxygen atoms in total. The largest absolute Gasteiger partial charge is 0.296 e. The number of pyridine rings is 1. The fourth-order valence-corrected chi connectivity index (χ4v) is 1.50. The van der Waals surface area contributed by atoms with Gasteiger partial charge in [0, 0.05) is 14.8 Å². The summed E-state index contributed by atoms with van der Waals surface area (Å²) in [5.74, 6) is 0. The number of halogens is 3. The Kier molecular flexibility index (Phi) is 3.29. The molecule has 1 heterocycles. The molecule has 70 valence electrons. The molecule has 0 spiro atoms. The van der Waals surface area contributed by atoms with Crippen LogP contribution in [0.2, 0.25) is 0 Å². The summed E-state index contributed by atoms with van der Waals surface area (Å²) < 4.78 is 25.1. The lowest BCUT2D eigenvalue weighted by atomic mass is 10.2. The molecule has 0 unspecified atom stereocenters. The van der Waals surface area contributed by atoms with Crippen molar-refractivity contribution in [2.24, 2.45) is 0 Å². The molecule has 0 amide bonds.